The molecule has 0 bridgehead atoms. The standard InChI is InChI=1S/C11H14INO4S/c1-5-2-3-7(10(12)13-5)17-11-9(16)8(15)6(14)4-18-11/h2-3,6,8-9,11,14-16H,4H2,1H3/t6-,8+,9-,11-/m1/s1. The summed E-state index contributed by atoms with van der Waals surface area (Å²) in [4.78, 5) is 4.26. The Morgan fingerprint density at radius 3 is 2.72 bits per heavy atom. The second kappa shape index (κ2) is 5.91. The van der Waals surface area contributed by atoms with Gasteiger partial charge in [0.1, 0.15) is 15.9 Å². The monoisotopic (exact) mass is 383 g/mol. The van der Waals surface area contributed by atoms with Gasteiger partial charge in [-0.25, -0.2) is 4.98 Å². The summed E-state index contributed by atoms with van der Waals surface area (Å²) >= 11 is 3.34. The van der Waals surface area contributed by atoms with Gasteiger partial charge < -0.3 is 20.1 Å². The molecule has 1 aromatic rings. The molecule has 2 heterocycles. The lowest BCUT2D eigenvalue weighted by molar-refractivity contribution is -0.0787. The van der Waals surface area contributed by atoms with Crippen molar-refractivity contribution in [2.75, 3.05) is 5.75 Å². The van der Waals surface area contributed by atoms with Crippen molar-refractivity contribution in [2.24, 2.45) is 0 Å². The van der Waals surface area contributed by atoms with Crippen molar-refractivity contribution in [3.63, 3.8) is 0 Å². The maximum absolute atomic E-state index is 9.84. The second-order valence-electron chi connectivity index (χ2n) is 4.11. The molecule has 2 rings (SSSR count). The van der Waals surface area contributed by atoms with Crippen LogP contribution >= 0.6 is 34.4 Å². The van der Waals surface area contributed by atoms with Crippen LogP contribution in [0.15, 0.2) is 12.1 Å². The van der Waals surface area contributed by atoms with E-state index in [0.29, 0.717) is 15.2 Å². The van der Waals surface area contributed by atoms with Crippen LogP contribution in [-0.2, 0) is 0 Å². The minimum Gasteiger partial charge on any atom is -0.474 e. The third-order valence-electron chi connectivity index (χ3n) is 2.65. The van der Waals surface area contributed by atoms with Gasteiger partial charge in [-0.1, -0.05) is 0 Å². The first-order valence-electron chi connectivity index (χ1n) is 5.44. The Morgan fingerprint density at radius 1 is 1.33 bits per heavy atom. The summed E-state index contributed by atoms with van der Waals surface area (Å²) in [5.74, 6) is 0.903. The van der Waals surface area contributed by atoms with Crippen LogP contribution in [-0.4, -0.2) is 49.8 Å². The summed E-state index contributed by atoms with van der Waals surface area (Å²) in [6.07, 6.45) is -3.21. The molecular formula is C11H14INO4S. The van der Waals surface area contributed by atoms with Crippen LogP contribution in [0, 0.1) is 10.6 Å². The summed E-state index contributed by atoms with van der Waals surface area (Å²) in [6.45, 7) is 1.89. The lowest BCUT2D eigenvalue weighted by atomic mass is 10.1. The Hall–Kier alpha value is -0.0900. The van der Waals surface area contributed by atoms with E-state index in [1.807, 2.05) is 13.0 Å². The van der Waals surface area contributed by atoms with Gasteiger partial charge in [-0.15, -0.1) is 11.8 Å². The quantitative estimate of drug-likeness (QED) is 0.511. The highest BCUT2D eigenvalue weighted by Gasteiger charge is 2.38. The summed E-state index contributed by atoms with van der Waals surface area (Å²) in [5.41, 5.74) is 0.292. The number of aryl methyl sites for hydroxylation is 1. The summed E-state index contributed by atoms with van der Waals surface area (Å²) in [6, 6.07) is 3.61. The number of thioether (sulfide) groups is 1. The van der Waals surface area contributed by atoms with Crippen molar-refractivity contribution in [1.29, 1.82) is 0 Å². The number of halogens is 1. The molecule has 0 radical (unpaired) electrons. The van der Waals surface area contributed by atoms with Crippen LogP contribution < -0.4 is 4.74 Å². The number of hydrogen-bond acceptors (Lipinski definition) is 6. The van der Waals surface area contributed by atoms with E-state index in [0.717, 1.165) is 5.69 Å². The highest BCUT2D eigenvalue weighted by molar-refractivity contribution is 14.1. The molecule has 18 heavy (non-hydrogen) atoms. The molecule has 100 valence electrons. The third-order valence-corrected chi connectivity index (χ3v) is 4.66. The largest absolute Gasteiger partial charge is 0.474 e. The first-order chi connectivity index (χ1) is 8.49. The molecule has 1 saturated heterocycles. The van der Waals surface area contributed by atoms with E-state index in [2.05, 4.69) is 27.6 Å². The van der Waals surface area contributed by atoms with Crippen LogP contribution in [0.25, 0.3) is 0 Å². The van der Waals surface area contributed by atoms with Gasteiger partial charge in [0.25, 0.3) is 0 Å². The molecule has 1 aromatic heterocycles. The van der Waals surface area contributed by atoms with Crippen molar-refractivity contribution in [3.8, 4) is 5.75 Å². The Bertz CT molecular complexity index is 434. The van der Waals surface area contributed by atoms with Crippen molar-refractivity contribution >= 4 is 34.4 Å². The van der Waals surface area contributed by atoms with E-state index >= 15 is 0 Å². The lowest BCUT2D eigenvalue weighted by Gasteiger charge is -2.34. The average molecular weight is 383 g/mol. The molecule has 5 nitrogen and oxygen atoms in total. The van der Waals surface area contributed by atoms with E-state index in [-0.39, 0.29) is 0 Å². The minimum atomic E-state index is -1.17. The Balaban J connectivity index is 2.09. The molecule has 0 amide bonds. The predicted molar refractivity (Wildman–Crippen MR) is 76.6 cm³/mol. The molecule has 0 aromatic carbocycles. The molecule has 7 heteroatoms. The maximum Gasteiger partial charge on any atom is 0.173 e. The highest BCUT2D eigenvalue weighted by Crippen LogP contribution is 2.30. The van der Waals surface area contributed by atoms with Gasteiger partial charge in [0, 0.05) is 11.4 Å². The topological polar surface area (TPSA) is 82.8 Å². The SMILES string of the molecule is Cc1ccc(O[C@@H]2SC[C@@H](O)[C@H](O)[C@H]2O)c(I)n1. The summed E-state index contributed by atoms with van der Waals surface area (Å²) in [5, 5.41) is 28.9. The molecular weight excluding hydrogens is 369 g/mol. The van der Waals surface area contributed by atoms with Gasteiger partial charge in [-0.3, -0.25) is 0 Å². The zero-order valence-corrected chi connectivity index (χ0v) is 12.6. The minimum absolute atomic E-state index is 0.332. The molecule has 1 aliphatic heterocycles. The Kier molecular flexibility index (Phi) is 4.70. The molecule has 0 spiro atoms. The van der Waals surface area contributed by atoms with Crippen LogP contribution in [0.3, 0.4) is 0 Å². The number of nitrogens with zero attached hydrogens (tertiary/aromatic N) is 1. The molecule has 0 aliphatic carbocycles. The van der Waals surface area contributed by atoms with Gasteiger partial charge in [0.05, 0.1) is 6.10 Å². The fraction of sp³-hybridized carbons (Fsp3) is 0.545. The van der Waals surface area contributed by atoms with Gasteiger partial charge in [0.2, 0.25) is 0 Å². The number of aliphatic hydroxyl groups excluding tert-OH is 3. The van der Waals surface area contributed by atoms with E-state index in [9.17, 15) is 15.3 Å². The van der Waals surface area contributed by atoms with Gasteiger partial charge >= 0.3 is 0 Å². The normalized spacial score (nSPS) is 32.3. The zero-order valence-electron chi connectivity index (χ0n) is 9.65. The van der Waals surface area contributed by atoms with Crippen LogP contribution in [0.2, 0.25) is 0 Å². The number of aliphatic hydroxyl groups is 3. The molecule has 1 aliphatic rings. The maximum atomic E-state index is 9.84. The number of hydrogen-bond donors (Lipinski definition) is 3. The fourth-order valence-electron chi connectivity index (χ4n) is 1.61. The highest BCUT2D eigenvalue weighted by atomic mass is 127. The number of pyridine rings is 1. The van der Waals surface area contributed by atoms with Gasteiger partial charge in [0.15, 0.2) is 11.2 Å². The average Bonchev–Trinajstić information content (AvgIpc) is 2.33. The van der Waals surface area contributed by atoms with Gasteiger partial charge in [-0.2, -0.15) is 0 Å². The Labute approximate surface area is 123 Å². The fourth-order valence-corrected chi connectivity index (χ4v) is 3.41. The number of ether oxygens (including phenoxy) is 1. The van der Waals surface area contributed by atoms with E-state index in [1.165, 1.54) is 11.8 Å². The first kappa shape index (κ1) is 14.3. The van der Waals surface area contributed by atoms with E-state index in [4.69, 9.17) is 4.74 Å². The zero-order chi connectivity index (χ0) is 13.3. The molecule has 0 saturated carbocycles. The van der Waals surface area contributed by atoms with Crippen molar-refractivity contribution in [2.45, 2.75) is 30.7 Å². The molecule has 0 unspecified atom stereocenters. The van der Waals surface area contributed by atoms with E-state index in [1.54, 1.807) is 6.07 Å². The van der Waals surface area contributed by atoms with Crippen LogP contribution in [0.1, 0.15) is 5.69 Å². The van der Waals surface area contributed by atoms with Crippen LogP contribution in [0.4, 0.5) is 0 Å². The van der Waals surface area contributed by atoms with Crippen molar-refractivity contribution < 1.29 is 20.1 Å². The molecule has 1 fully saturated rings. The molecule has 4 atom stereocenters. The van der Waals surface area contributed by atoms with Gasteiger partial charge in [-0.05, 0) is 41.6 Å². The van der Waals surface area contributed by atoms with E-state index < -0.39 is 23.7 Å². The predicted octanol–water partition coefficient (Wildman–Crippen LogP) is 0.529. The second-order valence-corrected chi connectivity index (χ2v) is 6.26. The molecule has 3 N–H and O–H groups in total. The van der Waals surface area contributed by atoms with Crippen LogP contribution in [0.5, 0.6) is 5.75 Å². The summed E-state index contributed by atoms with van der Waals surface area (Å²) in [7, 11) is 0. The first-order valence-corrected chi connectivity index (χ1v) is 7.57. The summed E-state index contributed by atoms with van der Waals surface area (Å²) < 4.78 is 6.35. The lowest BCUT2D eigenvalue weighted by Crippen LogP contribution is -2.50. The Morgan fingerprint density at radius 2 is 2.06 bits per heavy atom. The third kappa shape index (κ3) is 3.08. The number of rotatable bonds is 2. The smallest absolute Gasteiger partial charge is 0.173 e. The number of aromatic nitrogens is 1. The van der Waals surface area contributed by atoms with Crippen molar-refractivity contribution in [1.82, 2.24) is 4.98 Å². The van der Waals surface area contributed by atoms with Crippen molar-refractivity contribution in [3.05, 3.63) is 21.5 Å².